The zero-order valence-corrected chi connectivity index (χ0v) is 13.3. The van der Waals surface area contributed by atoms with Crippen molar-refractivity contribution in [3.63, 3.8) is 0 Å². The molecule has 2 heterocycles. The first-order chi connectivity index (χ1) is 9.92. The fraction of sp³-hybridized carbons (Fsp3) is 0.333. The maximum absolute atomic E-state index is 13.3. The monoisotopic (exact) mass is 307 g/mol. The van der Waals surface area contributed by atoms with E-state index in [9.17, 15) is 9.18 Å². The van der Waals surface area contributed by atoms with Crippen LogP contribution < -0.4 is 10.6 Å². The van der Waals surface area contributed by atoms with Gasteiger partial charge in [0.1, 0.15) is 11.6 Å². The zero-order chi connectivity index (χ0) is 15.6. The van der Waals surface area contributed by atoms with Crippen LogP contribution in [0.5, 0.6) is 0 Å². The van der Waals surface area contributed by atoms with E-state index in [0.717, 1.165) is 11.8 Å². The number of halogens is 1. The SMILES string of the molecule is CNc1ncc(F)cc1C(=O)NC(C)c1cc(C)sc1C. The third kappa shape index (κ3) is 3.39. The molecule has 1 amide bonds. The molecule has 112 valence electrons. The van der Waals surface area contributed by atoms with Crippen molar-refractivity contribution in [2.24, 2.45) is 0 Å². The van der Waals surface area contributed by atoms with Gasteiger partial charge in [-0.1, -0.05) is 0 Å². The number of thiophene rings is 1. The molecule has 0 aliphatic heterocycles. The Morgan fingerprint density at radius 3 is 2.67 bits per heavy atom. The molecule has 2 aromatic heterocycles. The summed E-state index contributed by atoms with van der Waals surface area (Å²) in [6.07, 6.45) is 1.08. The van der Waals surface area contributed by atoms with Gasteiger partial charge in [0.15, 0.2) is 0 Å². The van der Waals surface area contributed by atoms with Gasteiger partial charge in [0, 0.05) is 16.8 Å². The number of aryl methyl sites for hydroxylation is 2. The van der Waals surface area contributed by atoms with Crippen LogP contribution in [0.15, 0.2) is 18.3 Å². The van der Waals surface area contributed by atoms with Crippen molar-refractivity contribution in [3.8, 4) is 0 Å². The van der Waals surface area contributed by atoms with E-state index >= 15 is 0 Å². The predicted octanol–water partition coefficient (Wildman–Crippen LogP) is 3.43. The summed E-state index contributed by atoms with van der Waals surface area (Å²) in [7, 11) is 1.65. The molecule has 0 aliphatic carbocycles. The molecule has 0 aromatic carbocycles. The number of aromatic nitrogens is 1. The first kappa shape index (κ1) is 15.4. The van der Waals surface area contributed by atoms with Crippen molar-refractivity contribution >= 4 is 23.1 Å². The molecule has 21 heavy (non-hydrogen) atoms. The van der Waals surface area contributed by atoms with Gasteiger partial charge in [-0.25, -0.2) is 9.37 Å². The van der Waals surface area contributed by atoms with Crippen molar-refractivity contribution in [2.75, 3.05) is 12.4 Å². The summed E-state index contributed by atoms with van der Waals surface area (Å²) in [6, 6.07) is 3.11. The highest BCUT2D eigenvalue weighted by Gasteiger charge is 2.18. The molecular formula is C15H18FN3OS. The minimum Gasteiger partial charge on any atom is -0.372 e. The number of nitrogens with zero attached hydrogens (tertiary/aromatic N) is 1. The molecule has 2 aromatic rings. The number of pyridine rings is 1. The normalized spacial score (nSPS) is 12.0. The van der Waals surface area contributed by atoms with E-state index in [1.165, 1.54) is 15.8 Å². The van der Waals surface area contributed by atoms with E-state index in [4.69, 9.17) is 0 Å². The molecular weight excluding hydrogens is 289 g/mol. The molecule has 0 radical (unpaired) electrons. The Hall–Kier alpha value is -1.95. The van der Waals surface area contributed by atoms with Crippen LogP contribution in [0.4, 0.5) is 10.2 Å². The van der Waals surface area contributed by atoms with Gasteiger partial charge in [0.2, 0.25) is 0 Å². The third-order valence-corrected chi connectivity index (χ3v) is 4.21. The van der Waals surface area contributed by atoms with Crippen LogP contribution in [0.3, 0.4) is 0 Å². The second-order valence-corrected chi connectivity index (χ2v) is 6.32. The standard InChI is InChI=1S/C15H18FN3OS/c1-8-5-12(10(3)21-8)9(2)19-15(20)13-6-11(16)7-18-14(13)17-4/h5-7,9H,1-4H3,(H,17,18)(H,19,20). The van der Waals surface area contributed by atoms with Gasteiger partial charge >= 0.3 is 0 Å². The van der Waals surface area contributed by atoms with Crippen molar-refractivity contribution < 1.29 is 9.18 Å². The summed E-state index contributed by atoms with van der Waals surface area (Å²) in [6.45, 7) is 5.97. The van der Waals surface area contributed by atoms with E-state index in [-0.39, 0.29) is 17.5 Å². The molecule has 0 saturated heterocycles. The Labute approximate surface area is 127 Å². The summed E-state index contributed by atoms with van der Waals surface area (Å²) in [5.41, 5.74) is 1.29. The van der Waals surface area contributed by atoms with Gasteiger partial charge in [-0.3, -0.25) is 4.79 Å². The van der Waals surface area contributed by atoms with Gasteiger partial charge in [-0.2, -0.15) is 0 Å². The van der Waals surface area contributed by atoms with Crippen LogP contribution in [0.1, 0.15) is 38.6 Å². The number of hydrogen-bond acceptors (Lipinski definition) is 4. The third-order valence-electron chi connectivity index (χ3n) is 3.23. The lowest BCUT2D eigenvalue weighted by Crippen LogP contribution is -2.27. The van der Waals surface area contributed by atoms with E-state index < -0.39 is 5.82 Å². The molecule has 4 nitrogen and oxygen atoms in total. The Balaban J connectivity index is 2.22. The molecule has 1 unspecified atom stereocenters. The molecule has 6 heteroatoms. The number of nitrogens with one attached hydrogen (secondary N) is 2. The Bertz CT molecular complexity index is 669. The fourth-order valence-corrected chi connectivity index (χ4v) is 3.27. The molecule has 0 aliphatic rings. The van der Waals surface area contributed by atoms with Gasteiger partial charge in [-0.15, -0.1) is 11.3 Å². The Morgan fingerprint density at radius 1 is 1.38 bits per heavy atom. The van der Waals surface area contributed by atoms with Crippen LogP contribution >= 0.6 is 11.3 Å². The number of amides is 1. The molecule has 0 spiro atoms. The number of carbonyl (C=O) groups is 1. The van der Waals surface area contributed by atoms with Crippen LogP contribution in [-0.4, -0.2) is 17.9 Å². The van der Waals surface area contributed by atoms with E-state index in [1.54, 1.807) is 18.4 Å². The molecule has 0 saturated carbocycles. The van der Waals surface area contributed by atoms with Gasteiger partial charge in [-0.05, 0) is 38.5 Å². The number of carbonyl (C=O) groups excluding carboxylic acids is 1. The van der Waals surface area contributed by atoms with Crippen LogP contribution in [0.2, 0.25) is 0 Å². The Morgan fingerprint density at radius 2 is 2.10 bits per heavy atom. The summed E-state index contributed by atoms with van der Waals surface area (Å²) >= 11 is 1.69. The number of anilines is 1. The summed E-state index contributed by atoms with van der Waals surface area (Å²) in [4.78, 5) is 18.6. The average molecular weight is 307 g/mol. The predicted molar refractivity (Wildman–Crippen MR) is 83.4 cm³/mol. The van der Waals surface area contributed by atoms with Crippen LogP contribution in [0, 0.1) is 19.7 Å². The molecule has 1 atom stereocenters. The maximum Gasteiger partial charge on any atom is 0.255 e. The highest BCUT2D eigenvalue weighted by atomic mass is 32.1. The van der Waals surface area contributed by atoms with Crippen molar-refractivity contribution in [1.29, 1.82) is 0 Å². The fourth-order valence-electron chi connectivity index (χ4n) is 2.24. The van der Waals surface area contributed by atoms with Crippen molar-refractivity contribution in [2.45, 2.75) is 26.8 Å². The van der Waals surface area contributed by atoms with Crippen LogP contribution in [-0.2, 0) is 0 Å². The molecule has 2 N–H and O–H groups in total. The van der Waals surface area contributed by atoms with Gasteiger partial charge < -0.3 is 10.6 Å². The lowest BCUT2D eigenvalue weighted by Gasteiger charge is -2.15. The minimum absolute atomic E-state index is 0.143. The lowest BCUT2D eigenvalue weighted by atomic mass is 10.1. The van der Waals surface area contributed by atoms with Gasteiger partial charge in [0.25, 0.3) is 5.91 Å². The summed E-state index contributed by atoms with van der Waals surface area (Å²) < 4.78 is 13.3. The van der Waals surface area contributed by atoms with Crippen molar-refractivity contribution in [1.82, 2.24) is 10.3 Å². The van der Waals surface area contributed by atoms with E-state index in [1.807, 2.05) is 20.8 Å². The first-order valence-corrected chi connectivity index (χ1v) is 7.45. The second-order valence-electron chi connectivity index (χ2n) is 4.86. The summed E-state index contributed by atoms with van der Waals surface area (Å²) in [5, 5.41) is 5.69. The zero-order valence-electron chi connectivity index (χ0n) is 12.5. The molecule has 2 rings (SSSR count). The van der Waals surface area contributed by atoms with E-state index in [2.05, 4.69) is 21.7 Å². The summed E-state index contributed by atoms with van der Waals surface area (Å²) in [5.74, 6) is -0.518. The highest BCUT2D eigenvalue weighted by molar-refractivity contribution is 7.12. The lowest BCUT2D eigenvalue weighted by molar-refractivity contribution is 0.0940. The smallest absolute Gasteiger partial charge is 0.255 e. The highest BCUT2D eigenvalue weighted by Crippen LogP contribution is 2.26. The van der Waals surface area contributed by atoms with Crippen LogP contribution in [0.25, 0.3) is 0 Å². The Kier molecular flexibility index (Phi) is 4.57. The maximum atomic E-state index is 13.3. The molecule has 0 bridgehead atoms. The number of rotatable bonds is 4. The average Bonchev–Trinajstić information content (AvgIpc) is 2.77. The minimum atomic E-state index is -0.533. The second kappa shape index (κ2) is 6.22. The van der Waals surface area contributed by atoms with Gasteiger partial charge in [0.05, 0.1) is 17.8 Å². The number of hydrogen-bond donors (Lipinski definition) is 2. The topological polar surface area (TPSA) is 54.0 Å². The van der Waals surface area contributed by atoms with E-state index in [0.29, 0.717) is 5.82 Å². The largest absolute Gasteiger partial charge is 0.372 e. The van der Waals surface area contributed by atoms with Crippen molar-refractivity contribution in [3.05, 3.63) is 45.0 Å². The quantitative estimate of drug-likeness (QED) is 0.910. The first-order valence-electron chi connectivity index (χ1n) is 6.63. The molecule has 0 fully saturated rings.